The van der Waals surface area contributed by atoms with Crippen LogP contribution >= 0.6 is 11.6 Å². The number of aliphatic carboxylic acids is 1. The second kappa shape index (κ2) is 6.55. The molecule has 0 atom stereocenters. The first-order valence-electron chi connectivity index (χ1n) is 5.17. The van der Waals surface area contributed by atoms with Crippen LogP contribution in [0.25, 0.3) is 0 Å². The SMILES string of the molecule is C/C(=C\C(=O)NNC(=O)c1ccc(Cl)cc1)C(=O)O. The van der Waals surface area contributed by atoms with Crippen LogP contribution in [0.2, 0.25) is 5.02 Å². The van der Waals surface area contributed by atoms with Crippen LogP contribution in [0.4, 0.5) is 0 Å². The second-order valence-electron chi connectivity index (χ2n) is 3.58. The third-order valence-electron chi connectivity index (χ3n) is 2.09. The Morgan fingerprint density at radius 3 is 2.26 bits per heavy atom. The molecule has 0 fully saturated rings. The summed E-state index contributed by atoms with van der Waals surface area (Å²) in [6, 6.07) is 6.05. The van der Waals surface area contributed by atoms with Gasteiger partial charge in [-0.2, -0.15) is 0 Å². The largest absolute Gasteiger partial charge is 0.478 e. The number of hydrogen-bond acceptors (Lipinski definition) is 3. The predicted molar refractivity (Wildman–Crippen MR) is 68.5 cm³/mol. The van der Waals surface area contributed by atoms with Crippen molar-refractivity contribution in [3.63, 3.8) is 0 Å². The number of carbonyl (C=O) groups excluding carboxylic acids is 2. The summed E-state index contributed by atoms with van der Waals surface area (Å²) in [5.74, 6) is -2.48. The average Bonchev–Trinajstić information content (AvgIpc) is 2.36. The van der Waals surface area contributed by atoms with E-state index in [0.29, 0.717) is 10.6 Å². The van der Waals surface area contributed by atoms with Gasteiger partial charge in [0, 0.05) is 22.2 Å². The van der Waals surface area contributed by atoms with E-state index in [4.69, 9.17) is 16.7 Å². The Morgan fingerprint density at radius 1 is 1.16 bits per heavy atom. The van der Waals surface area contributed by atoms with E-state index in [0.717, 1.165) is 6.08 Å². The van der Waals surface area contributed by atoms with Gasteiger partial charge in [0.2, 0.25) is 0 Å². The monoisotopic (exact) mass is 282 g/mol. The van der Waals surface area contributed by atoms with Crippen LogP contribution in [-0.4, -0.2) is 22.9 Å². The molecule has 19 heavy (non-hydrogen) atoms. The fourth-order valence-electron chi connectivity index (χ4n) is 1.09. The molecule has 0 bridgehead atoms. The molecule has 0 heterocycles. The number of carboxylic acids is 1. The van der Waals surface area contributed by atoms with Crippen molar-refractivity contribution in [2.45, 2.75) is 6.92 Å². The maximum absolute atomic E-state index is 11.6. The molecule has 1 rings (SSSR count). The molecule has 0 unspecified atom stereocenters. The number of rotatable bonds is 3. The highest BCUT2D eigenvalue weighted by Gasteiger charge is 2.07. The molecule has 1 aromatic rings. The van der Waals surface area contributed by atoms with Gasteiger partial charge >= 0.3 is 5.97 Å². The zero-order valence-corrected chi connectivity index (χ0v) is 10.7. The number of hydrazine groups is 1. The van der Waals surface area contributed by atoms with E-state index in [-0.39, 0.29) is 5.57 Å². The van der Waals surface area contributed by atoms with E-state index < -0.39 is 17.8 Å². The lowest BCUT2D eigenvalue weighted by Gasteiger charge is -2.05. The van der Waals surface area contributed by atoms with E-state index in [1.165, 1.54) is 31.2 Å². The molecule has 0 aliphatic heterocycles. The van der Waals surface area contributed by atoms with Crippen molar-refractivity contribution in [2.75, 3.05) is 0 Å². The van der Waals surface area contributed by atoms with Crippen LogP contribution in [-0.2, 0) is 9.59 Å². The van der Waals surface area contributed by atoms with Crippen LogP contribution in [0, 0.1) is 0 Å². The summed E-state index contributed by atoms with van der Waals surface area (Å²) in [4.78, 5) is 33.3. The fourth-order valence-corrected chi connectivity index (χ4v) is 1.21. The van der Waals surface area contributed by atoms with Gasteiger partial charge in [-0.1, -0.05) is 11.6 Å². The fraction of sp³-hybridized carbons (Fsp3) is 0.0833. The number of halogens is 1. The summed E-state index contributed by atoms with van der Waals surface area (Å²) >= 11 is 5.67. The summed E-state index contributed by atoms with van der Waals surface area (Å²) in [5.41, 5.74) is 4.38. The summed E-state index contributed by atoms with van der Waals surface area (Å²) < 4.78 is 0. The molecular formula is C12H11ClN2O4. The standard InChI is InChI=1S/C12H11ClN2O4/c1-7(12(18)19)6-10(16)14-15-11(17)8-2-4-9(13)5-3-8/h2-6H,1H3,(H,14,16)(H,15,17)(H,18,19)/b7-6+. The minimum atomic E-state index is -1.21. The quantitative estimate of drug-likeness (QED) is 0.572. The third-order valence-corrected chi connectivity index (χ3v) is 2.34. The van der Waals surface area contributed by atoms with Crippen molar-refractivity contribution < 1.29 is 19.5 Å². The highest BCUT2D eigenvalue weighted by atomic mass is 35.5. The topological polar surface area (TPSA) is 95.5 Å². The van der Waals surface area contributed by atoms with Gasteiger partial charge in [-0.15, -0.1) is 0 Å². The van der Waals surface area contributed by atoms with E-state index in [9.17, 15) is 14.4 Å². The summed E-state index contributed by atoms with van der Waals surface area (Å²) in [5, 5.41) is 9.05. The molecular weight excluding hydrogens is 272 g/mol. The smallest absolute Gasteiger partial charge is 0.331 e. The summed E-state index contributed by atoms with van der Waals surface area (Å²) in [6.07, 6.45) is 0.866. The van der Waals surface area contributed by atoms with Gasteiger partial charge in [0.05, 0.1) is 0 Å². The first-order chi connectivity index (χ1) is 8.90. The van der Waals surface area contributed by atoms with E-state index in [1.807, 2.05) is 0 Å². The number of nitrogens with one attached hydrogen (secondary N) is 2. The van der Waals surface area contributed by atoms with Crippen LogP contribution in [0.5, 0.6) is 0 Å². The average molecular weight is 283 g/mol. The zero-order valence-electron chi connectivity index (χ0n) is 9.94. The van der Waals surface area contributed by atoms with Crippen molar-refractivity contribution >= 4 is 29.4 Å². The Labute approximate surface area is 114 Å². The Kier molecular flexibility index (Phi) is 5.08. The summed E-state index contributed by atoms with van der Waals surface area (Å²) in [6.45, 7) is 1.27. The Morgan fingerprint density at radius 2 is 1.74 bits per heavy atom. The lowest BCUT2D eigenvalue weighted by atomic mass is 10.2. The van der Waals surface area contributed by atoms with E-state index in [2.05, 4.69) is 10.9 Å². The van der Waals surface area contributed by atoms with Crippen LogP contribution < -0.4 is 10.9 Å². The molecule has 0 aliphatic rings. The maximum Gasteiger partial charge on any atom is 0.331 e. The molecule has 100 valence electrons. The van der Waals surface area contributed by atoms with Crippen molar-refractivity contribution in [3.8, 4) is 0 Å². The second-order valence-corrected chi connectivity index (χ2v) is 4.02. The number of carbonyl (C=O) groups is 3. The highest BCUT2D eigenvalue weighted by Crippen LogP contribution is 2.08. The van der Waals surface area contributed by atoms with Crippen molar-refractivity contribution in [1.29, 1.82) is 0 Å². The lowest BCUT2D eigenvalue weighted by Crippen LogP contribution is -2.41. The summed E-state index contributed by atoms with van der Waals surface area (Å²) in [7, 11) is 0. The molecule has 2 amide bonds. The predicted octanol–water partition coefficient (Wildman–Crippen LogP) is 1.13. The molecule has 0 saturated carbocycles. The Hall–Kier alpha value is -2.34. The minimum Gasteiger partial charge on any atom is -0.478 e. The Bertz CT molecular complexity index is 537. The van der Waals surface area contributed by atoms with E-state index >= 15 is 0 Å². The van der Waals surface area contributed by atoms with Crippen LogP contribution in [0.3, 0.4) is 0 Å². The van der Waals surface area contributed by atoms with Gasteiger partial charge in [-0.25, -0.2) is 4.79 Å². The number of carboxylic acid groups (broad SMARTS) is 1. The molecule has 0 aromatic heterocycles. The van der Waals surface area contributed by atoms with Gasteiger partial charge in [-0.3, -0.25) is 20.4 Å². The molecule has 0 radical (unpaired) electrons. The lowest BCUT2D eigenvalue weighted by molar-refractivity contribution is -0.133. The number of hydrogen-bond donors (Lipinski definition) is 3. The van der Waals surface area contributed by atoms with Crippen molar-refractivity contribution in [2.24, 2.45) is 0 Å². The number of amides is 2. The first-order valence-corrected chi connectivity index (χ1v) is 5.55. The normalized spacial score (nSPS) is 10.7. The molecule has 7 heteroatoms. The van der Waals surface area contributed by atoms with Crippen LogP contribution in [0.15, 0.2) is 35.9 Å². The highest BCUT2D eigenvalue weighted by molar-refractivity contribution is 6.30. The molecule has 1 aromatic carbocycles. The maximum atomic E-state index is 11.6. The Balaban J connectivity index is 2.55. The molecule has 0 aliphatic carbocycles. The van der Waals surface area contributed by atoms with Gasteiger partial charge in [-0.05, 0) is 31.2 Å². The number of benzene rings is 1. The van der Waals surface area contributed by atoms with Crippen molar-refractivity contribution in [3.05, 3.63) is 46.5 Å². The van der Waals surface area contributed by atoms with Gasteiger partial charge < -0.3 is 5.11 Å². The minimum absolute atomic E-state index is 0.141. The van der Waals surface area contributed by atoms with Gasteiger partial charge in [0.25, 0.3) is 11.8 Å². The van der Waals surface area contributed by atoms with E-state index in [1.54, 1.807) is 0 Å². The van der Waals surface area contributed by atoms with Crippen molar-refractivity contribution in [1.82, 2.24) is 10.9 Å². The zero-order chi connectivity index (χ0) is 14.4. The molecule has 0 saturated heterocycles. The van der Waals surface area contributed by atoms with Crippen LogP contribution in [0.1, 0.15) is 17.3 Å². The van der Waals surface area contributed by atoms with Gasteiger partial charge in [0.1, 0.15) is 0 Å². The third kappa shape index (κ3) is 4.81. The van der Waals surface area contributed by atoms with Gasteiger partial charge in [0.15, 0.2) is 0 Å². The first kappa shape index (κ1) is 14.7. The molecule has 0 spiro atoms. The molecule has 3 N–H and O–H groups in total. The molecule has 6 nitrogen and oxygen atoms in total.